The lowest BCUT2D eigenvalue weighted by molar-refractivity contribution is -0.0247. The van der Waals surface area contributed by atoms with Gasteiger partial charge in [0, 0.05) is 42.1 Å². The molecule has 1 amide bonds. The molecule has 3 aromatic rings. The highest BCUT2D eigenvalue weighted by Gasteiger charge is 2.27. The van der Waals surface area contributed by atoms with Crippen molar-refractivity contribution in [3.05, 3.63) is 77.2 Å². The molecule has 1 saturated heterocycles. The summed E-state index contributed by atoms with van der Waals surface area (Å²) in [7, 11) is 1.78. The minimum Gasteiger partial charge on any atom is -0.373 e. The van der Waals surface area contributed by atoms with E-state index in [1.807, 2.05) is 42.6 Å². The first-order chi connectivity index (χ1) is 14.1. The number of benzene rings is 1. The maximum atomic E-state index is 12.9. The average Bonchev–Trinajstić information content (AvgIpc) is 2.79. The number of hydrogen-bond acceptors (Lipinski definition) is 5. The zero-order valence-corrected chi connectivity index (χ0v) is 16.8. The number of amides is 1. The minimum atomic E-state index is -0.258. The summed E-state index contributed by atoms with van der Waals surface area (Å²) >= 11 is 6.08. The van der Waals surface area contributed by atoms with Crippen LogP contribution in [0.4, 0.5) is 5.82 Å². The fourth-order valence-electron chi connectivity index (χ4n) is 3.33. The van der Waals surface area contributed by atoms with Gasteiger partial charge in [0.15, 0.2) is 0 Å². The molecule has 6 nitrogen and oxygen atoms in total. The molecule has 0 radical (unpaired) electrons. The van der Waals surface area contributed by atoms with Gasteiger partial charge in [-0.1, -0.05) is 29.8 Å². The fourth-order valence-corrected chi connectivity index (χ4v) is 3.52. The van der Waals surface area contributed by atoms with E-state index in [9.17, 15) is 4.79 Å². The number of nitrogens with zero attached hydrogens (tertiary/aromatic N) is 3. The van der Waals surface area contributed by atoms with Crippen molar-refractivity contribution >= 4 is 23.3 Å². The lowest BCUT2D eigenvalue weighted by atomic mass is 10.1. The quantitative estimate of drug-likeness (QED) is 0.705. The Labute approximate surface area is 174 Å². The number of rotatable bonds is 4. The molecule has 0 aliphatic carbocycles. The molecule has 3 heterocycles. The Morgan fingerprint density at radius 1 is 1.17 bits per heavy atom. The number of pyridine rings is 2. The normalized spacial score (nSPS) is 16.5. The maximum Gasteiger partial charge on any atom is 0.254 e. The zero-order chi connectivity index (χ0) is 20.2. The molecule has 1 N–H and O–H groups in total. The summed E-state index contributed by atoms with van der Waals surface area (Å²) in [6.07, 6.45) is 3.19. The second-order valence-electron chi connectivity index (χ2n) is 6.77. The standard InChI is InChI=1S/C22H21ClN4O2/c1-24-21-12-16(7-8-25-21)22(28)27-9-10-29-20(14-27)19-6-5-17(13-26-19)15-3-2-4-18(23)11-15/h2-8,11-13,20H,9-10,14H2,1H3,(H,24,25)/t20-/m1/s1. The molecule has 1 fully saturated rings. The third-order valence-electron chi connectivity index (χ3n) is 4.89. The van der Waals surface area contributed by atoms with Gasteiger partial charge in [0.2, 0.25) is 0 Å². The fraction of sp³-hybridized carbons (Fsp3) is 0.227. The van der Waals surface area contributed by atoms with E-state index >= 15 is 0 Å². The van der Waals surface area contributed by atoms with Crippen molar-refractivity contribution in [2.45, 2.75) is 6.10 Å². The third kappa shape index (κ3) is 4.39. The number of carbonyl (C=O) groups is 1. The molecule has 0 unspecified atom stereocenters. The summed E-state index contributed by atoms with van der Waals surface area (Å²) in [5, 5.41) is 3.65. The van der Waals surface area contributed by atoms with Crippen molar-refractivity contribution in [3.8, 4) is 11.1 Å². The van der Waals surface area contributed by atoms with Gasteiger partial charge in [-0.3, -0.25) is 9.78 Å². The molecule has 1 atom stereocenters. The number of aromatic nitrogens is 2. The molecular weight excluding hydrogens is 388 g/mol. The Hall–Kier alpha value is -2.96. The van der Waals surface area contributed by atoms with Crippen LogP contribution in [-0.2, 0) is 4.74 Å². The Bertz CT molecular complexity index is 1010. The highest BCUT2D eigenvalue weighted by molar-refractivity contribution is 6.30. The summed E-state index contributed by atoms with van der Waals surface area (Å²) in [6, 6.07) is 15.1. The molecule has 0 spiro atoms. The predicted molar refractivity (Wildman–Crippen MR) is 113 cm³/mol. The van der Waals surface area contributed by atoms with Gasteiger partial charge in [0.1, 0.15) is 11.9 Å². The Morgan fingerprint density at radius 2 is 2.07 bits per heavy atom. The van der Waals surface area contributed by atoms with Crippen LogP contribution in [0.2, 0.25) is 5.02 Å². The summed E-state index contributed by atoms with van der Waals surface area (Å²) in [4.78, 5) is 23.4. The average molecular weight is 409 g/mol. The molecule has 7 heteroatoms. The van der Waals surface area contributed by atoms with Crippen molar-refractivity contribution in [3.63, 3.8) is 0 Å². The van der Waals surface area contributed by atoms with E-state index in [-0.39, 0.29) is 12.0 Å². The summed E-state index contributed by atoms with van der Waals surface area (Å²) in [6.45, 7) is 1.48. The van der Waals surface area contributed by atoms with Crippen LogP contribution in [0.1, 0.15) is 22.2 Å². The van der Waals surface area contributed by atoms with Crippen LogP contribution >= 0.6 is 11.6 Å². The third-order valence-corrected chi connectivity index (χ3v) is 5.13. The van der Waals surface area contributed by atoms with Gasteiger partial charge in [0.05, 0.1) is 18.8 Å². The van der Waals surface area contributed by atoms with Gasteiger partial charge in [-0.05, 0) is 35.9 Å². The molecule has 148 valence electrons. The molecule has 1 aromatic carbocycles. The first-order valence-corrected chi connectivity index (χ1v) is 9.78. The molecule has 29 heavy (non-hydrogen) atoms. The lowest BCUT2D eigenvalue weighted by Crippen LogP contribution is -2.42. The van der Waals surface area contributed by atoms with Crippen molar-refractivity contribution < 1.29 is 9.53 Å². The monoisotopic (exact) mass is 408 g/mol. The number of ether oxygens (including phenoxy) is 1. The van der Waals surface area contributed by atoms with Gasteiger partial charge < -0.3 is 15.0 Å². The topological polar surface area (TPSA) is 67.4 Å². The van der Waals surface area contributed by atoms with E-state index in [4.69, 9.17) is 16.3 Å². The zero-order valence-electron chi connectivity index (χ0n) is 16.0. The number of carbonyl (C=O) groups excluding carboxylic acids is 1. The molecule has 1 aliphatic heterocycles. The van der Waals surface area contributed by atoms with Crippen molar-refractivity contribution in [2.24, 2.45) is 0 Å². The van der Waals surface area contributed by atoms with Crippen LogP contribution in [0, 0.1) is 0 Å². The van der Waals surface area contributed by atoms with Gasteiger partial charge in [0.25, 0.3) is 5.91 Å². The Morgan fingerprint density at radius 3 is 2.83 bits per heavy atom. The highest BCUT2D eigenvalue weighted by Crippen LogP contribution is 2.26. The molecule has 0 bridgehead atoms. The minimum absolute atomic E-state index is 0.0345. The summed E-state index contributed by atoms with van der Waals surface area (Å²) in [5.74, 6) is 0.631. The number of hydrogen-bond donors (Lipinski definition) is 1. The molecule has 4 rings (SSSR count). The van der Waals surface area contributed by atoms with Gasteiger partial charge in [-0.15, -0.1) is 0 Å². The van der Waals surface area contributed by atoms with Crippen LogP contribution in [0.25, 0.3) is 11.1 Å². The van der Waals surface area contributed by atoms with E-state index in [0.29, 0.717) is 36.1 Å². The summed E-state index contributed by atoms with van der Waals surface area (Å²) < 4.78 is 5.89. The van der Waals surface area contributed by atoms with Crippen molar-refractivity contribution in [1.82, 2.24) is 14.9 Å². The summed E-state index contributed by atoms with van der Waals surface area (Å²) in [5.41, 5.74) is 3.40. The second kappa shape index (κ2) is 8.59. The van der Waals surface area contributed by atoms with Crippen molar-refractivity contribution in [2.75, 3.05) is 32.1 Å². The number of morpholine rings is 1. The molecular formula is C22H21ClN4O2. The lowest BCUT2D eigenvalue weighted by Gasteiger charge is -2.32. The maximum absolute atomic E-state index is 12.9. The van der Waals surface area contributed by atoms with Crippen LogP contribution < -0.4 is 5.32 Å². The number of anilines is 1. The van der Waals surface area contributed by atoms with E-state index in [2.05, 4.69) is 15.3 Å². The van der Waals surface area contributed by atoms with Crippen molar-refractivity contribution in [1.29, 1.82) is 0 Å². The Kier molecular flexibility index (Phi) is 5.74. The van der Waals surface area contributed by atoms with E-state index in [0.717, 1.165) is 16.8 Å². The largest absolute Gasteiger partial charge is 0.373 e. The van der Waals surface area contributed by atoms with Crippen LogP contribution in [0.3, 0.4) is 0 Å². The van der Waals surface area contributed by atoms with E-state index < -0.39 is 0 Å². The van der Waals surface area contributed by atoms with Crippen LogP contribution in [0.15, 0.2) is 60.9 Å². The van der Waals surface area contributed by atoms with Gasteiger partial charge >= 0.3 is 0 Å². The molecule has 2 aromatic heterocycles. The first-order valence-electron chi connectivity index (χ1n) is 9.40. The number of halogens is 1. The van der Waals surface area contributed by atoms with Crippen LogP contribution in [-0.4, -0.2) is 47.5 Å². The molecule has 1 aliphatic rings. The number of nitrogens with one attached hydrogen (secondary N) is 1. The second-order valence-corrected chi connectivity index (χ2v) is 7.21. The first kappa shape index (κ1) is 19.4. The van der Waals surface area contributed by atoms with E-state index in [1.165, 1.54) is 0 Å². The van der Waals surface area contributed by atoms with Crippen LogP contribution in [0.5, 0.6) is 0 Å². The molecule has 0 saturated carbocycles. The van der Waals surface area contributed by atoms with Gasteiger partial charge in [-0.2, -0.15) is 0 Å². The predicted octanol–water partition coefficient (Wildman–Crippen LogP) is 4.05. The van der Waals surface area contributed by atoms with Gasteiger partial charge in [-0.25, -0.2) is 4.98 Å². The Balaban J connectivity index is 1.48. The van der Waals surface area contributed by atoms with E-state index in [1.54, 1.807) is 30.3 Å². The SMILES string of the molecule is CNc1cc(C(=O)N2CCO[C@@H](c3ccc(-c4cccc(Cl)c4)cn3)C2)ccn1. The highest BCUT2D eigenvalue weighted by atomic mass is 35.5. The smallest absolute Gasteiger partial charge is 0.254 e.